The van der Waals surface area contributed by atoms with Gasteiger partial charge in [-0.2, -0.15) is 0 Å². The summed E-state index contributed by atoms with van der Waals surface area (Å²) in [7, 11) is 0. The Hall–Kier alpha value is -2.73. The van der Waals surface area contributed by atoms with Gasteiger partial charge >= 0.3 is 5.97 Å². The monoisotopic (exact) mass is 361 g/mol. The molecule has 0 aromatic rings. The van der Waals surface area contributed by atoms with Crippen molar-refractivity contribution >= 4 is 29.6 Å². The second kappa shape index (κ2) is 10.2. The number of hydrogen-bond acceptors (Lipinski definition) is 7. The smallest absolute Gasteiger partial charge is 0.326 e. The Morgan fingerprint density at radius 1 is 0.920 bits per heavy atom. The van der Waals surface area contributed by atoms with E-state index in [2.05, 4.69) is 16.0 Å². The first-order chi connectivity index (χ1) is 11.5. The molecule has 25 heavy (non-hydrogen) atoms. The van der Waals surface area contributed by atoms with E-state index < -0.39 is 66.8 Å². The maximum Gasteiger partial charge on any atom is 0.326 e. The van der Waals surface area contributed by atoms with Crippen molar-refractivity contribution in [1.29, 1.82) is 0 Å². The molecule has 0 aliphatic rings. The minimum atomic E-state index is -1.52. The van der Waals surface area contributed by atoms with E-state index in [9.17, 15) is 24.0 Å². The van der Waals surface area contributed by atoms with Crippen LogP contribution in [0.5, 0.6) is 0 Å². The largest absolute Gasteiger partial charge is 0.480 e. The molecule has 0 bridgehead atoms. The highest BCUT2D eigenvalue weighted by molar-refractivity contribution is 5.94. The van der Waals surface area contributed by atoms with Gasteiger partial charge in [-0.3, -0.25) is 19.2 Å². The van der Waals surface area contributed by atoms with Crippen LogP contribution in [-0.2, 0) is 24.0 Å². The van der Waals surface area contributed by atoms with Crippen LogP contribution in [0.2, 0.25) is 0 Å². The van der Waals surface area contributed by atoms with Crippen molar-refractivity contribution < 1.29 is 34.2 Å². The summed E-state index contributed by atoms with van der Waals surface area (Å²) >= 11 is 0. The number of carboxylic acids is 1. The predicted molar refractivity (Wildman–Crippen MR) is 83.6 cm³/mol. The van der Waals surface area contributed by atoms with Crippen molar-refractivity contribution in [1.82, 2.24) is 16.0 Å². The van der Waals surface area contributed by atoms with Crippen molar-refractivity contribution in [3.8, 4) is 0 Å². The summed E-state index contributed by atoms with van der Waals surface area (Å²) in [5.74, 6) is -4.71. The van der Waals surface area contributed by atoms with Gasteiger partial charge in [-0.1, -0.05) is 0 Å². The molecule has 0 saturated heterocycles. The summed E-state index contributed by atoms with van der Waals surface area (Å²) in [4.78, 5) is 57.0. The van der Waals surface area contributed by atoms with Crippen molar-refractivity contribution in [3.63, 3.8) is 0 Å². The number of aliphatic hydroxyl groups excluding tert-OH is 1. The molecule has 0 rings (SSSR count). The van der Waals surface area contributed by atoms with Crippen LogP contribution in [-0.4, -0.2) is 70.6 Å². The molecule has 4 amide bonds. The molecular weight excluding hydrogens is 338 g/mol. The minimum absolute atomic E-state index is 0.602. The number of nitrogens with one attached hydrogen (secondary N) is 3. The number of carbonyl (C=O) groups is 5. The van der Waals surface area contributed by atoms with Crippen molar-refractivity contribution in [2.45, 2.75) is 44.4 Å². The third-order valence-electron chi connectivity index (χ3n) is 3.06. The first-order valence-electron chi connectivity index (χ1n) is 7.28. The zero-order valence-electron chi connectivity index (χ0n) is 13.8. The van der Waals surface area contributed by atoms with Crippen LogP contribution < -0.4 is 27.4 Å². The fourth-order valence-electron chi connectivity index (χ4n) is 1.57. The number of hydrogen-bond donors (Lipinski definition) is 7. The van der Waals surface area contributed by atoms with Crippen LogP contribution in [0.4, 0.5) is 0 Å². The van der Waals surface area contributed by atoms with E-state index in [0.29, 0.717) is 0 Å². The lowest BCUT2D eigenvalue weighted by molar-refractivity contribution is -0.143. The molecule has 4 atom stereocenters. The molecule has 0 heterocycles. The molecule has 12 nitrogen and oxygen atoms in total. The van der Waals surface area contributed by atoms with Gasteiger partial charge in [-0.15, -0.1) is 0 Å². The molecule has 0 saturated carbocycles. The van der Waals surface area contributed by atoms with Gasteiger partial charge in [0.05, 0.1) is 13.0 Å². The van der Waals surface area contributed by atoms with Gasteiger partial charge in [0.1, 0.15) is 24.2 Å². The van der Waals surface area contributed by atoms with E-state index in [0.717, 1.165) is 0 Å². The first kappa shape index (κ1) is 22.3. The minimum Gasteiger partial charge on any atom is -0.480 e. The fraction of sp³-hybridized carbons (Fsp3) is 0.615. The van der Waals surface area contributed by atoms with Crippen LogP contribution in [0.3, 0.4) is 0 Å². The van der Waals surface area contributed by atoms with Gasteiger partial charge in [-0.05, 0) is 13.8 Å². The maximum atomic E-state index is 11.9. The van der Waals surface area contributed by atoms with E-state index in [1.807, 2.05) is 0 Å². The highest BCUT2D eigenvalue weighted by atomic mass is 16.4. The van der Waals surface area contributed by atoms with Crippen LogP contribution in [0, 0.1) is 0 Å². The van der Waals surface area contributed by atoms with Crippen molar-refractivity contribution in [3.05, 3.63) is 0 Å². The first-order valence-corrected chi connectivity index (χ1v) is 7.28. The molecule has 0 spiro atoms. The molecule has 9 N–H and O–H groups in total. The van der Waals surface area contributed by atoms with Gasteiger partial charge < -0.3 is 37.6 Å². The quantitative estimate of drug-likeness (QED) is 0.202. The lowest BCUT2D eigenvalue weighted by atomic mass is 10.1. The molecule has 0 aromatic heterocycles. The Labute approximate surface area is 143 Å². The van der Waals surface area contributed by atoms with E-state index >= 15 is 0 Å². The Kier molecular flexibility index (Phi) is 9.09. The number of carboxylic acid groups (broad SMARTS) is 1. The summed E-state index contributed by atoms with van der Waals surface area (Å²) in [6.07, 6.45) is -0.604. The predicted octanol–water partition coefficient (Wildman–Crippen LogP) is -4.24. The third kappa shape index (κ3) is 8.08. The number of amides is 4. The number of carbonyl (C=O) groups excluding carboxylic acids is 4. The Balaban J connectivity index is 4.64. The molecule has 0 aliphatic carbocycles. The van der Waals surface area contributed by atoms with Gasteiger partial charge in [0.2, 0.25) is 23.6 Å². The Morgan fingerprint density at radius 3 is 1.76 bits per heavy atom. The summed E-state index contributed by atoms with van der Waals surface area (Å²) in [5.41, 5.74) is 10.2. The van der Waals surface area contributed by atoms with Crippen LogP contribution in [0.1, 0.15) is 20.3 Å². The van der Waals surface area contributed by atoms with E-state index in [1.54, 1.807) is 0 Å². The third-order valence-corrected chi connectivity index (χ3v) is 3.06. The van der Waals surface area contributed by atoms with Gasteiger partial charge in [-0.25, -0.2) is 4.79 Å². The molecular formula is C13H23N5O7. The summed E-state index contributed by atoms with van der Waals surface area (Å²) in [6, 6.07) is -4.92. The van der Waals surface area contributed by atoms with E-state index in [-0.39, 0.29) is 0 Å². The Bertz CT molecular complexity index is 539. The number of nitrogens with two attached hydrogens (primary N) is 2. The molecule has 0 aliphatic heterocycles. The standard InChI is InChI=1S/C13H23N5O7/c1-5(17-12(23)7(14)4-19)10(21)16-6(2)11(22)18-8(13(24)25)3-9(15)20/h5-8,19H,3-4,14H2,1-2H3,(H2,15,20)(H,16,21)(H,17,23)(H,18,22)(H,24,25). The van der Waals surface area contributed by atoms with Crippen molar-refractivity contribution in [2.24, 2.45) is 11.5 Å². The van der Waals surface area contributed by atoms with Gasteiger partial charge in [0.25, 0.3) is 0 Å². The fourth-order valence-corrected chi connectivity index (χ4v) is 1.57. The zero-order valence-corrected chi connectivity index (χ0v) is 13.8. The number of primary amides is 1. The topological polar surface area (TPSA) is 214 Å². The summed E-state index contributed by atoms with van der Waals surface area (Å²) in [5, 5.41) is 24.2. The second-order valence-electron chi connectivity index (χ2n) is 5.32. The summed E-state index contributed by atoms with van der Waals surface area (Å²) in [6.45, 7) is 2.01. The van der Waals surface area contributed by atoms with Crippen LogP contribution in [0.15, 0.2) is 0 Å². The second-order valence-corrected chi connectivity index (χ2v) is 5.32. The SMILES string of the molecule is CC(NC(=O)C(N)CO)C(=O)NC(C)C(=O)NC(CC(N)=O)C(=O)O. The van der Waals surface area contributed by atoms with Gasteiger partial charge in [0, 0.05) is 0 Å². The number of aliphatic carboxylic acids is 1. The van der Waals surface area contributed by atoms with Crippen molar-refractivity contribution in [2.75, 3.05) is 6.61 Å². The van der Waals surface area contributed by atoms with Crippen LogP contribution >= 0.6 is 0 Å². The molecule has 12 heteroatoms. The molecule has 0 aromatic carbocycles. The molecule has 142 valence electrons. The van der Waals surface area contributed by atoms with Gasteiger partial charge in [0.15, 0.2) is 0 Å². The average Bonchev–Trinajstić information content (AvgIpc) is 2.52. The normalized spacial score (nSPS) is 15.2. The van der Waals surface area contributed by atoms with E-state index in [1.165, 1.54) is 13.8 Å². The van der Waals surface area contributed by atoms with Crippen LogP contribution in [0.25, 0.3) is 0 Å². The number of aliphatic hydroxyl groups is 1. The highest BCUT2D eigenvalue weighted by Gasteiger charge is 2.27. The molecule has 0 radical (unpaired) electrons. The summed E-state index contributed by atoms with van der Waals surface area (Å²) < 4.78 is 0. The lowest BCUT2D eigenvalue weighted by Crippen LogP contribution is -2.56. The zero-order chi connectivity index (χ0) is 19.7. The highest BCUT2D eigenvalue weighted by Crippen LogP contribution is 1.95. The Morgan fingerprint density at radius 2 is 1.36 bits per heavy atom. The molecule has 0 fully saturated rings. The lowest BCUT2D eigenvalue weighted by Gasteiger charge is -2.21. The molecule has 4 unspecified atom stereocenters. The van der Waals surface area contributed by atoms with E-state index in [4.69, 9.17) is 21.7 Å². The maximum absolute atomic E-state index is 11.9. The number of rotatable bonds is 10. The average molecular weight is 361 g/mol.